The Kier molecular flexibility index (Phi) is 12.8. The van der Waals surface area contributed by atoms with E-state index in [9.17, 15) is 9.90 Å². The van der Waals surface area contributed by atoms with Crippen LogP contribution in [0.15, 0.2) is 78.8 Å². The number of hydrogen-bond donors (Lipinski definition) is 1. The topological polar surface area (TPSA) is 67.4 Å². The van der Waals surface area contributed by atoms with Crippen molar-refractivity contribution in [3.8, 4) is 11.3 Å². The molecule has 0 amide bonds. The molecule has 6 heteroatoms. The van der Waals surface area contributed by atoms with Crippen LogP contribution in [0.25, 0.3) is 48.6 Å². The van der Waals surface area contributed by atoms with Gasteiger partial charge in [0.05, 0.1) is 17.8 Å². The molecule has 4 aromatic carbocycles. The third kappa shape index (κ3) is 7.89. The molecular formula is C40H44IrN3O2-. The summed E-state index contributed by atoms with van der Waals surface area (Å²) in [6.45, 7) is 22.2. The van der Waals surface area contributed by atoms with E-state index in [0.717, 1.165) is 64.0 Å². The predicted molar refractivity (Wildman–Crippen MR) is 188 cm³/mol. The monoisotopic (exact) mass is 791 g/mol. The number of fused-ring (bicyclic) bond motifs is 4. The van der Waals surface area contributed by atoms with Crippen molar-refractivity contribution >= 4 is 43.9 Å². The van der Waals surface area contributed by atoms with Crippen LogP contribution in [-0.2, 0) is 30.3 Å². The zero-order chi connectivity index (χ0) is 32.7. The number of ketones is 1. The van der Waals surface area contributed by atoms with E-state index in [1.165, 1.54) is 17.0 Å². The van der Waals surface area contributed by atoms with Gasteiger partial charge in [-0.1, -0.05) is 108 Å². The van der Waals surface area contributed by atoms with Crippen LogP contribution in [0, 0.1) is 24.5 Å². The van der Waals surface area contributed by atoms with Crippen LogP contribution < -0.4 is 0 Å². The molecule has 1 aromatic heterocycles. The van der Waals surface area contributed by atoms with Crippen LogP contribution >= 0.6 is 0 Å². The van der Waals surface area contributed by atoms with Crippen molar-refractivity contribution < 1.29 is 30.0 Å². The second-order valence-electron chi connectivity index (χ2n) is 12.6. The number of rotatable bonds is 8. The first-order valence-corrected chi connectivity index (χ1v) is 16.0. The van der Waals surface area contributed by atoms with Crippen molar-refractivity contribution in [2.24, 2.45) is 11.8 Å². The fourth-order valence-corrected chi connectivity index (χ4v) is 5.94. The van der Waals surface area contributed by atoms with Gasteiger partial charge in [-0.05, 0) is 47.3 Å². The minimum absolute atomic E-state index is 0. The summed E-state index contributed by atoms with van der Waals surface area (Å²) in [6.07, 6.45) is 6.52. The summed E-state index contributed by atoms with van der Waals surface area (Å²) in [7, 11) is 0. The van der Waals surface area contributed by atoms with E-state index >= 15 is 0 Å². The number of aliphatic hydroxyl groups excluding tert-OH is 1. The van der Waals surface area contributed by atoms with Crippen molar-refractivity contribution in [3.63, 3.8) is 0 Å². The Morgan fingerprint density at radius 1 is 0.870 bits per heavy atom. The molecule has 1 N–H and O–H groups in total. The molecule has 0 unspecified atom stereocenters. The summed E-state index contributed by atoms with van der Waals surface area (Å²) in [4.78, 5) is 24.6. The molecule has 0 bridgehead atoms. The maximum absolute atomic E-state index is 11.7. The number of benzene rings is 4. The molecule has 5 aromatic rings. The maximum atomic E-state index is 11.7. The molecule has 0 atom stereocenters. The maximum Gasteiger partial charge on any atom is 0.194 e. The van der Waals surface area contributed by atoms with E-state index in [1.54, 1.807) is 6.33 Å². The number of allylic oxidation sites excluding steroid dienone is 2. The first kappa shape index (κ1) is 36.6. The molecule has 0 aliphatic carbocycles. The predicted octanol–water partition coefficient (Wildman–Crippen LogP) is 11.1. The van der Waals surface area contributed by atoms with Gasteiger partial charge < -0.3 is 5.11 Å². The summed E-state index contributed by atoms with van der Waals surface area (Å²) in [5.74, 6) is 0.547. The molecule has 5 rings (SSSR count). The molecular weight excluding hydrogens is 747 g/mol. The van der Waals surface area contributed by atoms with Crippen molar-refractivity contribution in [3.05, 3.63) is 102 Å². The van der Waals surface area contributed by atoms with Gasteiger partial charge in [0, 0.05) is 43.7 Å². The number of nitrogens with zero attached hydrogens (tertiary/aromatic N) is 3. The van der Waals surface area contributed by atoms with Gasteiger partial charge in [0.2, 0.25) is 0 Å². The minimum atomic E-state index is -0.0104. The molecule has 0 aliphatic rings. The Hall–Kier alpha value is -3.91. The van der Waals surface area contributed by atoms with Gasteiger partial charge in [-0.2, -0.15) is 0 Å². The van der Waals surface area contributed by atoms with Crippen molar-refractivity contribution in [2.45, 2.75) is 79.6 Å². The van der Waals surface area contributed by atoms with Gasteiger partial charge in [0.25, 0.3) is 0 Å². The fraction of sp³-hybridized carbons (Fsp3) is 0.350. The minimum Gasteiger partial charge on any atom is -0.512 e. The first-order valence-electron chi connectivity index (χ1n) is 16.0. The van der Waals surface area contributed by atoms with Crippen molar-refractivity contribution in [2.75, 3.05) is 0 Å². The molecule has 5 nitrogen and oxygen atoms in total. The van der Waals surface area contributed by atoms with Crippen LogP contribution in [0.3, 0.4) is 0 Å². The molecule has 1 radical (unpaired) electrons. The van der Waals surface area contributed by atoms with E-state index in [1.807, 2.05) is 64.1 Å². The zero-order valence-corrected chi connectivity index (χ0v) is 30.3. The second kappa shape index (κ2) is 16.1. The SMILES string of the molecule is CCC(CC)C(=O)/C=C(\O)C(CC)CC.[C-]#[N+]c1cccc2c1ccc1c(-c3[c-]c4ccccc4c(C(C)(C)C)c3)ncnc12.[Ir]. The molecule has 0 saturated heterocycles. The molecule has 0 spiro atoms. The van der Waals surface area contributed by atoms with Crippen LogP contribution in [0.2, 0.25) is 0 Å². The quantitative estimate of drug-likeness (QED) is 0.0736. The summed E-state index contributed by atoms with van der Waals surface area (Å²) in [6, 6.07) is 24.0. The molecule has 1 heterocycles. The smallest absolute Gasteiger partial charge is 0.194 e. The summed E-state index contributed by atoms with van der Waals surface area (Å²) in [5.41, 5.74) is 4.60. The van der Waals surface area contributed by atoms with Crippen LogP contribution in [0.4, 0.5) is 5.69 Å². The molecule has 0 saturated carbocycles. The molecule has 0 aliphatic heterocycles. The van der Waals surface area contributed by atoms with Crippen LogP contribution in [0.5, 0.6) is 0 Å². The normalized spacial score (nSPS) is 11.8. The number of carbonyl (C=O) groups excluding carboxylic acids is 1. The summed E-state index contributed by atoms with van der Waals surface area (Å²) >= 11 is 0. The van der Waals surface area contributed by atoms with Crippen LogP contribution in [0.1, 0.15) is 79.7 Å². The third-order valence-electron chi connectivity index (χ3n) is 8.68. The average Bonchev–Trinajstić information content (AvgIpc) is 3.04. The Morgan fingerprint density at radius 3 is 2.13 bits per heavy atom. The van der Waals surface area contributed by atoms with Gasteiger partial charge >= 0.3 is 0 Å². The summed E-state index contributed by atoms with van der Waals surface area (Å²) in [5, 5.41) is 14.9. The first-order chi connectivity index (χ1) is 21.6. The molecule has 46 heavy (non-hydrogen) atoms. The van der Waals surface area contributed by atoms with E-state index in [2.05, 4.69) is 65.9 Å². The Morgan fingerprint density at radius 2 is 1.50 bits per heavy atom. The van der Waals surface area contributed by atoms with Gasteiger partial charge in [0.1, 0.15) is 6.33 Å². The Bertz CT molecular complexity index is 1890. The number of aromatic nitrogens is 2. The average molecular weight is 791 g/mol. The van der Waals surface area contributed by atoms with Crippen LogP contribution in [-0.4, -0.2) is 20.9 Å². The fourth-order valence-electron chi connectivity index (χ4n) is 5.94. The standard InChI is InChI=1S/C27H20N3.C13H24O2.Ir/c1-27(2,3)23-15-18(14-17-8-5-6-9-19(17)23)25-22-13-12-20-21(26(22)30-16-29-25)10-7-11-24(20)28-4;1-5-10(6-2)12(14)9-13(15)11(7-3)8-4;/h5-13,15-16H,1-3H3;9-11,14H,5-8H2,1-4H3;/q-1;;/b;12-9-;. The Labute approximate surface area is 287 Å². The Balaban J connectivity index is 0.000000309. The molecule has 0 fully saturated rings. The largest absolute Gasteiger partial charge is 0.512 e. The summed E-state index contributed by atoms with van der Waals surface area (Å²) < 4.78 is 0. The van der Waals surface area contributed by atoms with E-state index in [-0.39, 0.29) is 48.9 Å². The van der Waals surface area contributed by atoms with Gasteiger partial charge in [-0.25, -0.2) is 9.83 Å². The zero-order valence-electron chi connectivity index (χ0n) is 27.9. The van der Waals surface area contributed by atoms with E-state index in [0.29, 0.717) is 5.69 Å². The van der Waals surface area contributed by atoms with Crippen molar-refractivity contribution in [1.82, 2.24) is 9.97 Å². The number of aliphatic hydroxyl groups is 1. The van der Waals surface area contributed by atoms with Gasteiger partial charge in [0.15, 0.2) is 11.5 Å². The van der Waals surface area contributed by atoms with E-state index in [4.69, 9.17) is 6.57 Å². The molecule has 241 valence electrons. The van der Waals surface area contributed by atoms with Crippen molar-refractivity contribution in [1.29, 1.82) is 0 Å². The third-order valence-corrected chi connectivity index (χ3v) is 8.68. The second-order valence-corrected chi connectivity index (χ2v) is 12.6. The number of carbonyl (C=O) groups is 1. The number of hydrogen-bond acceptors (Lipinski definition) is 4. The van der Waals surface area contributed by atoms with Gasteiger partial charge in [-0.15, -0.1) is 29.1 Å². The van der Waals surface area contributed by atoms with Gasteiger partial charge in [-0.3, -0.25) is 9.78 Å². The van der Waals surface area contributed by atoms with E-state index < -0.39 is 0 Å².